The Hall–Kier alpha value is -2.99. The number of nitrogens with zero attached hydrogens (tertiary/aromatic N) is 2. The monoisotopic (exact) mass is 378 g/mol. The molecule has 136 valence electrons. The Morgan fingerprint density at radius 2 is 1.70 bits per heavy atom. The van der Waals surface area contributed by atoms with Gasteiger partial charge in [0.25, 0.3) is 0 Å². The van der Waals surface area contributed by atoms with E-state index in [0.29, 0.717) is 0 Å². The Bertz CT molecular complexity index is 1160. The predicted molar refractivity (Wildman–Crippen MR) is 106 cm³/mol. The highest BCUT2D eigenvalue weighted by Gasteiger charge is 2.28. The van der Waals surface area contributed by atoms with Gasteiger partial charge in [-0.3, -0.25) is 4.40 Å². The Labute approximate surface area is 160 Å². The number of hydrogen-bond donors (Lipinski definition) is 0. The van der Waals surface area contributed by atoms with E-state index in [1.165, 1.54) is 11.3 Å². The van der Waals surface area contributed by atoms with Crippen molar-refractivity contribution in [3.8, 4) is 39.8 Å². The van der Waals surface area contributed by atoms with Crippen molar-refractivity contribution in [1.29, 1.82) is 0 Å². The molecule has 0 saturated carbocycles. The van der Waals surface area contributed by atoms with Gasteiger partial charge >= 0.3 is 0 Å². The summed E-state index contributed by atoms with van der Waals surface area (Å²) in [4.78, 5) is 5.91. The molecule has 0 atom stereocenters. The van der Waals surface area contributed by atoms with Crippen LogP contribution in [0.15, 0.2) is 41.8 Å². The zero-order valence-electron chi connectivity index (χ0n) is 15.3. The molecule has 27 heavy (non-hydrogen) atoms. The van der Waals surface area contributed by atoms with Crippen molar-refractivity contribution in [2.24, 2.45) is 0 Å². The second-order valence-corrected chi connectivity index (χ2v) is 7.25. The van der Waals surface area contributed by atoms with Gasteiger partial charge in [0.1, 0.15) is 5.75 Å². The Balaban J connectivity index is 1.67. The number of methoxy groups -OCH3 is 3. The van der Waals surface area contributed by atoms with Gasteiger partial charge in [0.2, 0.25) is 0 Å². The van der Waals surface area contributed by atoms with E-state index in [-0.39, 0.29) is 0 Å². The van der Waals surface area contributed by atoms with Crippen molar-refractivity contribution in [2.45, 2.75) is 6.42 Å². The van der Waals surface area contributed by atoms with Crippen LogP contribution in [0.5, 0.6) is 17.2 Å². The highest BCUT2D eigenvalue weighted by Crippen LogP contribution is 2.44. The number of benzene rings is 2. The fourth-order valence-corrected chi connectivity index (χ4v) is 4.64. The second-order valence-electron chi connectivity index (χ2n) is 6.42. The van der Waals surface area contributed by atoms with Crippen molar-refractivity contribution < 1.29 is 14.2 Å². The van der Waals surface area contributed by atoms with Gasteiger partial charge in [-0.15, -0.1) is 11.3 Å². The summed E-state index contributed by atoms with van der Waals surface area (Å²) in [5, 5.41) is 2.16. The van der Waals surface area contributed by atoms with E-state index in [2.05, 4.69) is 28.0 Å². The van der Waals surface area contributed by atoms with Crippen LogP contribution in [0.3, 0.4) is 0 Å². The SMILES string of the molecule is COc1ccc(-c2csc3nc4c(n23)Cc2cc(OC)c(OC)cc2-4)cc1. The zero-order chi connectivity index (χ0) is 18.5. The first-order valence-corrected chi connectivity index (χ1v) is 9.50. The summed E-state index contributed by atoms with van der Waals surface area (Å²) < 4.78 is 18.5. The number of fused-ring (bicyclic) bond motifs is 5. The lowest BCUT2D eigenvalue weighted by Gasteiger charge is -2.09. The standard InChI is InChI=1S/C21H18N2O3S/c1-24-14-6-4-12(5-7-14)17-11-27-21-22-20-15-10-19(26-3)18(25-2)9-13(15)8-16(20)23(17)21/h4-7,9-11H,8H2,1-3H3. The minimum Gasteiger partial charge on any atom is -0.497 e. The molecule has 0 radical (unpaired) electrons. The van der Waals surface area contributed by atoms with Crippen LogP contribution in [-0.4, -0.2) is 30.7 Å². The Morgan fingerprint density at radius 1 is 0.963 bits per heavy atom. The lowest BCUT2D eigenvalue weighted by Crippen LogP contribution is -1.94. The molecule has 2 aromatic heterocycles. The van der Waals surface area contributed by atoms with Gasteiger partial charge < -0.3 is 14.2 Å². The summed E-state index contributed by atoms with van der Waals surface area (Å²) >= 11 is 1.66. The summed E-state index contributed by atoms with van der Waals surface area (Å²) in [5.41, 5.74) is 6.88. The molecule has 0 saturated heterocycles. The first kappa shape index (κ1) is 16.2. The van der Waals surface area contributed by atoms with Gasteiger partial charge in [0.15, 0.2) is 16.5 Å². The van der Waals surface area contributed by atoms with Crippen molar-refractivity contribution in [1.82, 2.24) is 9.38 Å². The maximum Gasteiger partial charge on any atom is 0.194 e. The van der Waals surface area contributed by atoms with E-state index in [0.717, 1.165) is 51.1 Å². The van der Waals surface area contributed by atoms with Gasteiger partial charge in [0, 0.05) is 17.4 Å². The molecular weight excluding hydrogens is 360 g/mol. The van der Waals surface area contributed by atoms with Gasteiger partial charge in [0.05, 0.1) is 38.4 Å². The van der Waals surface area contributed by atoms with Crippen molar-refractivity contribution in [2.75, 3.05) is 21.3 Å². The largest absolute Gasteiger partial charge is 0.497 e. The van der Waals surface area contributed by atoms with Crippen molar-refractivity contribution >= 4 is 16.3 Å². The van der Waals surface area contributed by atoms with Crippen LogP contribution in [0.4, 0.5) is 0 Å². The predicted octanol–water partition coefficient (Wildman–Crippen LogP) is 4.66. The third-order valence-electron chi connectivity index (χ3n) is 5.07. The minimum absolute atomic E-state index is 0.732. The number of thiazole rings is 1. The third kappa shape index (κ3) is 2.33. The number of hydrogen-bond acceptors (Lipinski definition) is 5. The molecule has 0 amide bonds. The quantitative estimate of drug-likeness (QED) is 0.456. The number of rotatable bonds is 4. The van der Waals surface area contributed by atoms with Crippen LogP contribution in [0.2, 0.25) is 0 Å². The number of aromatic nitrogens is 2. The van der Waals surface area contributed by atoms with Gasteiger partial charge in [-0.25, -0.2) is 4.98 Å². The zero-order valence-corrected chi connectivity index (χ0v) is 16.1. The molecule has 1 aliphatic carbocycles. The first-order valence-electron chi connectivity index (χ1n) is 8.62. The van der Waals surface area contributed by atoms with E-state index in [4.69, 9.17) is 19.2 Å². The third-order valence-corrected chi connectivity index (χ3v) is 5.89. The Kier molecular flexibility index (Phi) is 3.62. The molecule has 0 unspecified atom stereocenters. The molecule has 1 aliphatic rings. The fourth-order valence-electron chi connectivity index (χ4n) is 3.73. The summed E-state index contributed by atoms with van der Waals surface area (Å²) in [7, 11) is 5.01. The lowest BCUT2D eigenvalue weighted by molar-refractivity contribution is 0.355. The normalized spacial score (nSPS) is 12.1. The highest BCUT2D eigenvalue weighted by molar-refractivity contribution is 7.15. The molecule has 2 heterocycles. The lowest BCUT2D eigenvalue weighted by atomic mass is 10.1. The summed E-state index contributed by atoms with van der Waals surface area (Å²) in [6.07, 6.45) is 0.825. The van der Waals surface area contributed by atoms with Crippen molar-refractivity contribution in [3.05, 3.63) is 53.0 Å². The summed E-state index contributed by atoms with van der Waals surface area (Å²) in [5.74, 6) is 2.34. The molecule has 0 N–H and O–H groups in total. The minimum atomic E-state index is 0.732. The van der Waals surface area contributed by atoms with Gasteiger partial charge in [-0.2, -0.15) is 0 Å². The smallest absolute Gasteiger partial charge is 0.194 e. The number of ether oxygens (including phenoxy) is 3. The summed E-state index contributed by atoms with van der Waals surface area (Å²) in [6.45, 7) is 0. The van der Waals surface area contributed by atoms with Crippen LogP contribution in [0.25, 0.3) is 27.5 Å². The molecule has 0 spiro atoms. The van der Waals surface area contributed by atoms with Gasteiger partial charge in [-0.1, -0.05) is 0 Å². The number of imidazole rings is 1. The molecule has 4 aromatic rings. The highest BCUT2D eigenvalue weighted by atomic mass is 32.1. The molecule has 5 nitrogen and oxygen atoms in total. The van der Waals surface area contributed by atoms with E-state index in [1.807, 2.05) is 18.2 Å². The average molecular weight is 378 g/mol. The van der Waals surface area contributed by atoms with Crippen LogP contribution in [0.1, 0.15) is 11.3 Å². The molecule has 0 aliphatic heterocycles. The van der Waals surface area contributed by atoms with E-state index in [9.17, 15) is 0 Å². The Morgan fingerprint density at radius 3 is 2.41 bits per heavy atom. The van der Waals surface area contributed by atoms with Crippen LogP contribution in [0, 0.1) is 0 Å². The molecule has 5 rings (SSSR count). The van der Waals surface area contributed by atoms with E-state index >= 15 is 0 Å². The van der Waals surface area contributed by atoms with E-state index < -0.39 is 0 Å². The molecule has 0 fully saturated rings. The van der Waals surface area contributed by atoms with Crippen LogP contribution >= 0.6 is 11.3 Å². The molecule has 2 aromatic carbocycles. The van der Waals surface area contributed by atoms with Crippen LogP contribution in [-0.2, 0) is 6.42 Å². The van der Waals surface area contributed by atoms with Gasteiger partial charge in [-0.05, 0) is 47.5 Å². The average Bonchev–Trinajstić information content (AvgIpc) is 3.37. The maximum atomic E-state index is 5.48. The molecule has 0 bridgehead atoms. The topological polar surface area (TPSA) is 45.0 Å². The van der Waals surface area contributed by atoms with Crippen LogP contribution < -0.4 is 14.2 Å². The molecule has 6 heteroatoms. The second kappa shape index (κ2) is 6.03. The summed E-state index contributed by atoms with van der Waals surface area (Å²) in [6, 6.07) is 12.2. The fraction of sp³-hybridized carbons (Fsp3) is 0.190. The van der Waals surface area contributed by atoms with Crippen molar-refractivity contribution in [3.63, 3.8) is 0 Å². The van der Waals surface area contributed by atoms with E-state index in [1.54, 1.807) is 32.7 Å². The molecular formula is C21H18N2O3S. The first-order chi connectivity index (χ1) is 13.2. The maximum absolute atomic E-state index is 5.48.